The predicted octanol–water partition coefficient (Wildman–Crippen LogP) is 3.16. The van der Waals surface area contributed by atoms with E-state index in [0.717, 1.165) is 29.8 Å². The number of carbonyl (C=O) groups is 1. The Morgan fingerprint density at radius 2 is 2.21 bits per heavy atom. The van der Waals surface area contributed by atoms with Crippen LogP contribution in [0.25, 0.3) is 11.0 Å². The summed E-state index contributed by atoms with van der Waals surface area (Å²) in [7, 11) is 0. The summed E-state index contributed by atoms with van der Waals surface area (Å²) in [5.41, 5.74) is 3.04. The van der Waals surface area contributed by atoms with Crippen LogP contribution in [0.4, 0.5) is 0 Å². The van der Waals surface area contributed by atoms with E-state index in [2.05, 4.69) is 9.55 Å². The van der Waals surface area contributed by atoms with E-state index in [1.807, 2.05) is 26.0 Å². The molecule has 142 valence electrons. The van der Waals surface area contributed by atoms with Crippen LogP contribution in [0.2, 0.25) is 0 Å². The number of esters is 1. The molecule has 8 heteroatoms. The van der Waals surface area contributed by atoms with Crippen molar-refractivity contribution in [3.8, 4) is 6.07 Å². The molecule has 1 fully saturated rings. The maximum absolute atomic E-state index is 12.4. The van der Waals surface area contributed by atoms with E-state index in [-0.39, 0.29) is 17.7 Å². The topological polar surface area (TPSA) is 89.4 Å². The van der Waals surface area contributed by atoms with Crippen molar-refractivity contribution in [1.82, 2.24) is 14.0 Å². The van der Waals surface area contributed by atoms with E-state index in [0.29, 0.717) is 16.7 Å². The monoisotopic (exact) mass is 394 g/mol. The third kappa shape index (κ3) is 3.37. The molecule has 0 N–H and O–H groups in total. The molecule has 1 aliphatic rings. The summed E-state index contributed by atoms with van der Waals surface area (Å²) in [5.74, 6) is -0.730. The van der Waals surface area contributed by atoms with Gasteiger partial charge in [0.15, 0.2) is 4.96 Å². The minimum absolute atomic E-state index is 0.0787. The van der Waals surface area contributed by atoms with Crippen LogP contribution in [-0.2, 0) is 16.1 Å². The van der Waals surface area contributed by atoms with Gasteiger partial charge in [-0.1, -0.05) is 0 Å². The van der Waals surface area contributed by atoms with Gasteiger partial charge in [-0.05, 0) is 44.4 Å². The molecule has 0 radical (unpaired) electrons. The number of nitrogens with zero attached hydrogens (tertiary/aromatic N) is 4. The molecule has 7 nitrogen and oxygen atoms in total. The van der Waals surface area contributed by atoms with Crippen molar-refractivity contribution in [2.75, 3.05) is 0 Å². The summed E-state index contributed by atoms with van der Waals surface area (Å²) in [6, 6.07) is 5.75. The first kappa shape index (κ1) is 18.2. The first-order valence-corrected chi connectivity index (χ1v) is 9.79. The number of ether oxygens (including phenoxy) is 1. The molecule has 3 heterocycles. The van der Waals surface area contributed by atoms with Gasteiger partial charge in [0.05, 0.1) is 5.69 Å². The predicted molar refractivity (Wildman–Crippen MR) is 105 cm³/mol. The highest BCUT2D eigenvalue weighted by Gasteiger charge is 2.27. The van der Waals surface area contributed by atoms with Gasteiger partial charge in [-0.15, -0.1) is 11.3 Å². The Morgan fingerprint density at radius 1 is 1.43 bits per heavy atom. The summed E-state index contributed by atoms with van der Waals surface area (Å²) in [4.78, 5) is 29.2. The minimum Gasteiger partial charge on any atom is -0.455 e. The van der Waals surface area contributed by atoms with Gasteiger partial charge >= 0.3 is 5.97 Å². The number of thiazole rings is 1. The van der Waals surface area contributed by atoms with Crippen molar-refractivity contribution < 1.29 is 9.53 Å². The summed E-state index contributed by atoms with van der Waals surface area (Å²) in [6.45, 7) is 3.85. The van der Waals surface area contributed by atoms with Crippen LogP contribution < -0.4 is 5.56 Å². The van der Waals surface area contributed by atoms with E-state index in [4.69, 9.17) is 4.74 Å². The molecule has 28 heavy (non-hydrogen) atoms. The lowest BCUT2D eigenvalue weighted by molar-refractivity contribution is -0.139. The lowest BCUT2D eigenvalue weighted by Gasteiger charge is -2.07. The van der Waals surface area contributed by atoms with Crippen molar-refractivity contribution in [2.45, 2.75) is 39.3 Å². The molecule has 0 bridgehead atoms. The molecular formula is C20H18N4O3S. The molecule has 0 aliphatic heterocycles. The van der Waals surface area contributed by atoms with Crippen LogP contribution in [0.15, 0.2) is 34.1 Å². The fourth-order valence-corrected chi connectivity index (χ4v) is 4.05. The van der Waals surface area contributed by atoms with Gasteiger partial charge in [0.1, 0.15) is 18.2 Å². The van der Waals surface area contributed by atoms with E-state index < -0.39 is 5.97 Å². The molecule has 3 aromatic rings. The molecule has 1 aliphatic carbocycles. The number of hydrogen-bond donors (Lipinski definition) is 0. The van der Waals surface area contributed by atoms with Gasteiger partial charge in [-0.2, -0.15) is 5.26 Å². The largest absolute Gasteiger partial charge is 0.455 e. The van der Waals surface area contributed by atoms with Crippen LogP contribution in [0.3, 0.4) is 0 Å². The second kappa shape index (κ2) is 7.09. The van der Waals surface area contributed by atoms with Gasteiger partial charge < -0.3 is 9.30 Å². The van der Waals surface area contributed by atoms with Gasteiger partial charge in [0.25, 0.3) is 5.56 Å². The second-order valence-electron chi connectivity index (χ2n) is 6.81. The van der Waals surface area contributed by atoms with Crippen molar-refractivity contribution >= 4 is 28.3 Å². The average molecular weight is 394 g/mol. The molecule has 0 amide bonds. The zero-order valence-electron chi connectivity index (χ0n) is 15.5. The van der Waals surface area contributed by atoms with Crippen LogP contribution in [-0.4, -0.2) is 19.9 Å². The molecular weight excluding hydrogens is 376 g/mol. The second-order valence-corrected chi connectivity index (χ2v) is 7.69. The smallest absolute Gasteiger partial charge is 0.349 e. The number of hydrogen-bond acceptors (Lipinski definition) is 6. The number of nitriles is 1. The number of aryl methyl sites for hydroxylation is 1. The third-order valence-electron chi connectivity index (χ3n) is 4.78. The molecule has 0 unspecified atom stereocenters. The lowest BCUT2D eigenvalue weighted by Crippen LogP contribution is -2.15. The van der Waals surface area contributed by atoms with E-state index >= 15 is 0 Å². The Bertz CT molecular complexity index is 1200. The Kier molecular flexibility index (Phi) is 4.61. The quantitative estimate of drug-likeness (QED) is 0.377. The summed E-state index contributed by atoms with van der Waals surface area (Å²) < 4.78 is 8.90. The molecule has 0 saturated heterocycles. The first-order chi connectivity index (χ1) is 13.5. The molecule has 0 atom stereocenters. The van der Waals surface area contributed by atoms with E-state index in [1.165, 1.54) is 21.8 Å². The SMILES string of the molecule is Cc1cc(/C=C(\C#N)C(=O)OCc2cc(=O)n3ccsc3n2)c(C)n1C1CC1. The van der Waals surface area contributed by atoms with Gasteiger partial charge in [0.2, 0.25) is 0 Å². The number of fused-ring (bicyclic) bond motifs is 1. The third-order valence-corrected chi connectivity index (χ3v) is 5.54. The Morgan fingerprint density at radius 3 is 2.93 bits per heavy atom. The molecule has 0 aromatic carbocycles. The minimum atomic E-state index is -0.730. The maximum Gasteiger partial charge on any atom is 0.349 e. The number of aromatic nitrogens is 3. The molecule has 3 aromatic heterocycles. The summed E-state index contributed by atoms with van der Waals surface area (Å²) >= 11 is 1.32. The summed E-state index contributed by atoms with van der Waals surface area (Å²) in [5, 5.41) is 11.2. The van der Waals surface area contributed by atoms with Gasteiger partial charge in [-0.3, -0.25) is 9.20 Å². The lowest BCUT2D eigenvalue weighted by atomic mass is 10.1. The van der Waals surface area contributed by atoms with Gasteiger partial charge in [-0.25, -0.2) is 9.78 Å². The normalized spacial score (nSPS) is 14.2. The number of rotatable bonds is 5. The Balaban J connectivity index is 1.52. The van der Waals surface area contributed by atoms with Crippen molar-refractivity contribution in [3.63, 3.8) is 0 Å². The van der Waals surface area contributed by atoms with E-state index in [1.54, 1.807) is 17.7 Å². The molecule has 0 spiro atoms. The van der Waals surface area contributed by atoms with Crippen molar-refractivity contribution in [3.05, 3.63) is 62.3 Å². The highest BCUT2D eigenvalue weighted by molar-refractivity contribution is 7.15. The molecule has 4 rings (SSSR count). The fourth-order valence-electron chi connectivity index (χ4n) is 3.31. The highest BCUT2D eigenvalue weighted by Crippen LogP contribution is 2.38. The van der Waals surface area contributed by atoms with Crippen molar-refractivity contribution in [2.24, 2.45) is 0 Å². The average Bonchev–Trinajstić information content (AvgIpc) is 3.30. The van der Waals surface area contributed by atoms with E-state index in [9.17, 15) is 14.9 Å². The highest BCUT2D eigenvalue weighted by atomic mass is 32.1. The van der Waals surface area contributed by atoms with Crippen LogP contribution in [0.1, 0.15) is 41.5 Å². The first-order valence-electron chi connectivity index (χ1n) is 8.91. The van der Waals surface area contributed by atoms with Crippen LogP contribution in [0.5, 0.6) is 0 Å². The fraction of sp³-hybridized carbons (Fsp3) is 0.300. The standard InChI is InChI=1S/C20H18N4O3S/c1-12-7-14(13(2)24(12)17-3-4-17)8-15(10-21)19(26)27-11-16-9-18(25)23-5-6-28-20(23)22-16/h5-9,17H,3-4,11H2,1-2H3/b15-8+. The van der Waals surface area contributed by atoms with Crippen LogP contribution >= 0.6 is 11.3 Å². The number of carbonyl (C=O) groups excluding carboxylic acids is 1. The Labute approximate surface area is 165 Å². The van der Waals surface area contributed by atoms with Gasteiger partial charge in [0, 0.05) is 35.1 Å². The Hall–Kier alpha value is -3.18. The zero-order valence-corrected chi connectivity index (χ0v) is 16.3. The molecule has 1 saturated carbocycles. The maximum atomic E-state index is 12.4. The van der Waals surface area contributed by atoms with Crippen molar-refractivity contribution in [1.29, 1.82) is 5.26 Å². The summed E-state index contributed by atoms with van der Waals surface area (Å²) in [6.07, 6.45) is 5.52. The van der Waals surface area contributed by atoms with Crippen LogP contribution in [0, 0.1) is 25.2 Å². The zero-order chi connectivity index (χ0) is 19.8.